The Balaban J connectivity index is 3.20. The lowest BCUT2D eigenvalue weighted by molar-refractivity contribution is 0.598. The van der Waals surface area contributed by atoms with E-state index in [2.05, 4.69) is 0 Å². The minimum Gasteiger partial charge on any atom is -0.225 e. The van der Waals surface area contributed by atoms with Crippen molar-refractivity contribution < 1.29 is 8.42 Å². The van der Waals surface area contributed by atoms with Crippen LogP contribution in [0.2, 0.25) is 0 Å². The lowest BCUT2D eigenvalue weighted by atomic mass is 9.97. The van der Waals surface area contributed by atoms with Gasteiger partial charge in [-0.2, -0.15) is 0 Å². The van der Waals surface area contributed by atoms with E-state index in [9.17, 15) is 8.42 Å². The summed E-state index contributed by atoms with van der Waals surface area (Å²) in [6.45, 7) is 0. The van der Waals surface area contributed by atoms with Gasteiger partial charge in [0.05, 0.1) is 4.90 Å². The maximum Gasteiger partial charge on any atom is 0.238 e. The zero-order chi connectivity index (χ0) is 8.48. The first-order valence-electron chi connectivity index (χ1n) is 2.88. The first kappa shape index (κ1) is 8.29. The van der Waals surface area contributed by atoms with Gasteiger partial charge in [0.15, 0.2) is 0 Å². The molecule has 0 saturated carbocycles. The highest BCUT2D eigenvalue weighted by Gasteiger charge is 2.04. The molecule has 0 aliphatic carbocycles. The van der Waals surface area contributed by atoms with E-state index in [1.165, 1.54) is 24.3 Å². The lowest BCUT2D eigenvalue weighted by Gasteiger charge is -1.96. The molecule has 56 valence electrons. The van der Waals surface area contributed by atoms with Gasteiger partial charge in [-0.15, -0.1) is 0 Å². The third kappa shape index (κ3) is 2.06. The molecule has 0 atom stereocenters. The van der Waals surface area contributed by atoms with Crippen molar-refractivity contribution in [2.24, 2.45) is 5.14 Å². The van der Waals surface area contributed by atoms with Crippen molar-refractivity contribution in [1.29, 1.82) is 0 Å². The third-order valence-corrected chi connectivity index (χ3v) is 2.14. The van der Waals surface area contributed by atoms with Gasteiger partial charge < -0.3 is 0 Å². The fraction of sp³-hybridized carbons (Fsp3) is 0. The largest absolute Gasteiger partial charge is 0.238 e. The number of benzene rings is 1. The summed E-state index contributed by atoms with van der Waals surface area (Å²) in [6.07, 6.45) is 0. The Bertz CT molecular complexity index is 343. The molecule has 11 heavy (non-hydrogen) atoms. The van der Waals surface area contributed by atoms with Gasteiger partial charge in [-0.05, 0) is 12.1 Å². The van der Waals surface area contributed by atoms with Gasteiger partial charge in [-0.3, -0.25) is 0 Å². The molecule has 1 aromatic rings. The summed E-state index contributed by atoms with van der Waals surface area (Å²) in [5.74, 6) is 0. The van der Waals surface area contributed by atoms with E-state index in [0.717, 1.165) is 0 Å². The van der Waals surface area contributed by atoms with Crippen LogP contribution in [-0.4, -0.2) is 16.3 Å². The first-order valence-corrected chi connectivity index (χ1v) is 4.43. The quantitative estimate of drug-likeness (QED) is 0.552. The third-order valence-electron chi connectivity index (χ3n) is 1.21. The normalized spacial score (nSPS) is 11.4. The van der Waals surface area contributed by atoms with Crippen LogP contribution in [0, 0.1) is 0 Å². The zero-order valence-electron chi connectivity index (χ0n) is 5.69. The predicted molar refractivity (Wildman–Crippen MR) is 43.2 cm³/mol. The highest BCUT2D eigenvalue weighted by Crippen LogP contribution is 2.01. The second kappa shape index (κ2) is 2.67. The molecule has 0 saturated heterocycles. The standard InChI is InChI=1S/C6H6BNO2S/c7-5-1-3-6(4-2-5)11(8,9)10/h1-4H,(H2,8,9,10). The van der Waals surface area contributed by atoms with Crippen molar-refractivity contribution in [2.75, 3.05) is 0 Å². The highest BCUT2D eigenvalue weighted by atomic mass is 32.2. The smallest absolute Gasteiger partial charge is 0.225 e. The van der Waals surface area contributed by atoms with E-state index in [0.29, 0.717) is 5.46 Å². The molecule has 3 nitrogen and oxygen atoms in total. The van der Waals surface area contributed by atoms with Crippen LogP contribution < -0.4 is 10.6 Å². The van der Waals surface area contributed by atoms with Crippen LogP contribution in [0.3, 0.4) is 0 Å². The minimum absolute atomic E-state index is 0.0756. The van der Waals surface area contributed by atoms with E-state index in [1.54, 1.807) is 0 Å². The number of primary sulfonamides is 1. The van der Waals surface area contributed by atoms with Crippen molar-refractivity contribution >= 4 is 23.3 Å². The Morgan fingerprint density at radius 2 is 1.64 bits per heavy atom. The van der Waals surface area contributed by atoms with Gasteiger partial charge in [0, 0.05) is 0 Å². The monoisotopic (exact) mass is 167 g/mol. The molecular weight excluding hydrogens is 161 g/mol. The maximum absolute atomic E-state index is 10.7. The predicted octanol–water partition coefficient (Wildman–Crippen LogP) is -0.872. The molecule has 2 radical (unpaired) electrons. The molecule has 2 N–H and O–H groups in total. The van der Waals surface area contributed by atoms with Crippen LogP contribution in [-0.2, 0) is 10.0 Å². The number of hydrogen-bond donors (Lipinski definition) is 1. The van der Waals surface area contributed by atoms with Crippen LogP contribution in [0.1, 0.15) is 0 Å². The Kier molecular flexibility index (Phi) is 2.02. The summed E-state index contributed by atoms with van der Waals surface area (Å²) in [5.41, 5.74) is 0.511. The van der Waals surface area contributed by atoms with Gasteiger partial charge in [0.25, 0.3) is 0 Å². The second-order valence-corrected chi connectivity index (χ2v) is 3.68. The Hall–Kier alpha value is -0.805. The summed E-state index contributed by atoms with van der Waals surface area (Å²) in [5, 5.41) is 4.84. The summed E-state index contributed by atoms with van der Waals surface area (Å²) in [6, 6.07) is 5.70. The molecule has 1 aromatic carbocycles. The fourth-order valence-electron chi connectivity index (χ4n) is 0.658. The van der Waals surface area contributed by atoms with E-state index < -0.39 is 10.0 Å². The van der Waals surface area contributed by atoms with Gasteiger partial charge in [0.1, 0.15) is 7.85 Å². The average molecular weight is 167 g/mol. The van der Waals surface area contributed by atoms with Crippen LogP contribution in [0.25, 0.3) is 0 Å². The molecule has 1 rings (SSSR count). The summed E-state index contributed by atoms with van der Waals surface area (Å²) in [4.78, 5) is 0.0756. The molecule has 0 aliphatic rings. The van der Waals surface area contributed by atoms with Gasteiger partial charge >= 0.3 is 0 Å². The number of hydrogen-bond acceptors (Lipinski definition) is 2. The highest BCUT2D eigenvalue weighted by molar-refractivity contribution is 7.89. The topological polar surface area (TPSA) is 60.2 Å². The minimum atomic E-state index is -3.58. The van der Waals surface area contributed by atoms with Crippen molar-refractivity contribution in [3.8, 4) is 0 Å². The molecular formula is C6H6BNO2S. The Morgan fingerprint density at radius 1 is 1.18 bits per heavy atom. The molecule has 0 amide bonds. The van der Waals surface area contributed by atoms with Gasteiger partial charge in [-0.1, -0.05) is 17.6 Å². The SMILES string of the molecule is [B]c1ccc(S(N)(=O)=O)cc1. The molecule has 0 unspecified atom stereocenters. The molecule has 5 heteroatoms. The van der Waals surface area contributed by atoms with E-state index in [1.807, 2.05) is 0 Å². The van der Waals surface area contributed by atoms with Gasteiger partial charge in [-0.25, -0.2) is 13.6 Å². The van der Waals surface area contributed by atoms with Crippen molar-refractivity contribution in [1.82, 2.24) is 0 Å². The van der Waals surface area contributed by atoms with Crippen molar-refractivity contribution in [3.05, 3.63) is 24.3 Å². The zero-order valence-corrected chi connectivity index (χ0v) is 6.51. The summed E-state index contributed by atoms with van der Waals surface area (Å²) in [7, 11) is 1.76. The van der Waals surface area contributed by atoms with E-state index in [4.69, 9.17) is 13.0 Å². The van der Waals surface area contributed by atoms with Gasteiger partial charge in [0.2, 0.25) is 10.0 Å². The Labute approximate surface area is 66.7 Å². The first-order chi connectivity index (χ1) is 5.00. The Morgan fingerprint density at radius 3 is 2.00 bits per heavy atom. The van der Waals surface area contributed by atoms with Crippen molar-refractivity contribution in [2.45, 2.75) is 4.90 Å². The van der Waals surface area contributed by atoms with Crippen LogP contribution in [0.4, 0.5) is 0 Å². The molecule has 0 heterocycles. The molecule has 0 aliphatic heterocycles. The lowest BCUT2D eigenvalue weighted by Crippen LogP contribution is -2.13. The second-order valence-electron chi connectivity index (χ2n) is 2.11. The fourth-order valence-corrected chi connectivity index (χ4v) is 1.17. The van der Waals surface area contributed by atoms with E-state index >= 15 is 0 Å². The number of rotatable bonds is 1. The number of sulfonamides is 1. The summed E-state index contributed by atoms with van der Waals surface area (Å²) >= 11 is 0. The van der Waals surface area contributed by atoms with E-state index in [-0.39, 0.29) is 4.90 Å². The molecule has 0 bridgehead atoms. The summed E-state index contributed by atoms with van der Waals surface area (Å²) < 4.78 is 21.4. The number of nitrogens with two attached hydrogens (primary N) is 1. The molecule has 0 fully saturated rings. The molecule has 0 aromatic heterocycles. The van der Waals surface area contributed by atoms with Crippen LogP contribution in [0.15, 0.2) is 29.2 Å². The maximum atomic E-state index is 10.7. The molecule has 0 spiro atoms. The van der Waals surface area contributed by atoms with Crippen LogP contribution >= 0.6 is 0 Å². The van der Waals surface area contributed by atoms with Crippen molar-refractivity contribution in [3.63, 3.8) is 0 Å². The van der Waals surface area contributed by atoms with Crippen LogP contribution in [0.5, 0.6) is 0 Å². The average Bonchev–Trinajstić information content (AvgIpc) is 1.86.